The van der Waals surface area contributed by atoms with E-state index in [0.717, 1.165) is 24.8 Å². The zero-order valence-corrected chi connectivity index (χ0v) is 18.1. The van der Waals surface area contributed by atoms with Gasteiger partial charge < -0.3 is 15.4 Å². The first kappa shape index (κ1) is 20.2. The summed E-state index contributed by atoms with van der Waals surface area (Å²) in [6.07, 6.45) is 6.91. The van der Waals surface area contributed by atoms with Gasteiger partial charge in [0.25, 0.3) is 0 Å². The van der Waals surface area contributed by atoms with E-state index in [1.165, 1.54) is 19.3 Å². The van der Waals surface area contributed by atoms with Gasteiger partial charge in [0, 0.05) is 5.41 Å². The Morgan fingerprint density at radius 3 is 2.17 bits per heavy atom. The maximum absolute atomic E-state index is 13.4. The number of benzene rings is 1. The highest BCUT2D eigenvalue weighted by atomic mass is 16.5. The molecule has 0 unspecified atom stereocenters. The minimum absolute atomic E-state index is 0.00339. The zero-order valence-electron chi connectivity index (χ0n) is 18.1. The SMILES string of the molecule is COc1ccc(C)cc1NC(=O)[C@H](NC(=O)C12CC3CC(CC(C3)C1)C2)C(C)C. The summed E-state index contributed by atoms with van der Waals surface area (Å²) >= 11 is 0. The van der Waals surface area contributed by atoms with Gasteiger partial charge in [-0.1, -0.05) is 19.9 Å². The maximum Gasteiger partial charge on any atom is 0.247 e. The number of carbonyl (C=O) groups excluding carboxylic acids is 2. The Hall–Kier alpha value is -2.04. The molecule has 0 spiro atoms. The lowest BCUT2D eigenvalue weighted by Crippen LogP contribution is -2.57. The van der Waals surface area contributed by atoms with Gasteiger partial charge in [-0.2, -0.15) is 0 Å². The number of amides is 2. The van der Waals surface area contributed by atoms with Crippen molar-refractivity contribution < 1.29 is 14.3 Å². The van der Waals surface area contributed by atoms with E-state index >= 15 is 0 Å². The molecule has 158 valence electrons. The predicted molar refractivity (Wildman–Crippen MR) is 114 cm³/mol. The van der Waals surface area contributed by atoms with Crippen LogP contribution in [0.4, 0.5) is 5.69 Å². The molecule has 2 N–H and O–H groups in total. The maximum atomic E-state index is 13.4. The second-order valence-corrected chi connectivity index (χ2v) is 10.1. The number of hydrogen-bond acceptors (Lipinski definition) is 3. The lowest BCUT2D eigenvalue weighted by Gasteiger charge is -2.55. The van der Waals surface area contributed by atoms with E-state index in [1.54, 1.807) is 7.11 Å². The van der Waals surface area contributed by atoms with E-state index in [1.807, 2.05) is 39.0 Å². The molecule has 4 bridgehead atoms. The molecular weight excluding hydrogens is 364 g/mol. The summed E-state index contributed by atoms with van der Waals surface area (Å²) in [5, 5.41) is 6.14. The van der Waals surface area contributed by atoms with Crippen LogP contribution in [0.5, 0.6) is 5.75 Å². The molecule has 2 amide bonds. The van der Waals surface area contributed by atoms with Crippen LogP contribution in [0, 0.1) is 36.0 Å². The van der Waals surface area contributed by atoms with Crippen molar-refractivity contribution in [3.05, 3.63) is 23.8 Å². The highest BCUT2D eigenvalue weighted by Gasteiger charge is 2.55. The minimum Gasteiger partial charge on any atom is -0.495 e. The summed E-state index contributed by atoms with van der Waals surface area (Å²) in [4.78, 5) is 26.5. The van der Waals surface area contributed by atoms with Crippen molar-refractivity contribution in [3.63, 3.8) is 0 Å². The summed E-state index contributed by atoms with van der Waals surface area (Å²) < 4.78 is 5.39. The lowest BCUT2D eigenvalue weighted by molar-refractivity contribution is -0.148. The van der Waals surface area contributed by atoms with Gasteiger partial charge in [0.1, 0.15) is 11.8 Å². The van der Waals surface area contributed by atoms with Crippen LogP contribution in [0.15, 0.2) is 18.2 Å². The Kier molecular flexibility index (Phi) is 5.34. The van der Waals surface area contributed by atoms with Crippen molar-refractivity contribution in [3.8, 4) is 5.75 Å². The summed E-state index contributed by atoms with van der Waals surface area (Å²) in [5.74, 6) is 2.66. The third kappa shape index (κ3) is 3.88. The Labute approximate surface area is 174 Å². The number of anilines is 1. The molecule has 1 atom stereocenters. The first-order valence-corrected chi connectivity index (χ1v) is 11.1. The quantitative estimate of drug-likeness (QED) is 0.751. The molecule has 0 aromatic heterocycles. The zero-order chi connectivity index (χ0) is 20.8. The fourth-order valence-corrected chi connectivity index (χ4v) is 6.35. The van der Waals surface area contributed by atoms with E-state index in [2.05, 4.69) is 10.6 Å². The number of ether oxygens (including phenoxy) is 1. The molecule has 0 saturated heterocycles. The Balaban J connectivity index is 1.49. The largest absolute Gasteiger partial charge is 0.495 e. The average molecular weight is 399 g/mol. The van der Waals surface area contributed by atoms with Crippen molar-refractivity contribution in [2.24, 2.45) is 29.1 Å². The second-order valence-electron chi connectivity index (χ2n) is 10.1. The van der Waals surface area contributed by atoms with Gasteiger partial charge in [-0.05, 0) is 86.8 Å². The molecule has 0 radical (unpaired) electrons. The molecule has 5 rings (SSSR count). The van der Waals surface area contributed by atoms with Gasteiger partial charge in [0.15, 0.2) is 0 Å². The van der Waals surface area contributed by atoms with Gasteiger partial charge in [-0.25, -0.2) is 0 Å². The molecule has 1 aromatic rings. The molecule has 4 aliphatic rings. The van der Waals surface area contributed by atoms with E-state index < -0.39 is 6.04 Å². The number of aryl methyl sites for hydroxylation is 1. The standard InChI is InChI=1S/C24H34N2O3/c1-14(2)21(22(27)25-19-7-15(3)5-6-20(19)29-4)26-23(28)24-11-16-8-17(12-24)10-18(9-16)13-24/h5-7,14,16-18,21H,8-13H2,1-4H3,(H,25,27)(H,26,28)/t16?,17?,18?,21-,24?/m1/s1. The van der Waals surface area contributed by atoms with Crippen LogP contribution >= 0.6 is 0 Å². The number of hydrogen-bond donors (Lipinski definition) is 2. The van der Waals surface area contributed by atoms with E-state index in [-0.39, 0.29) is 23.1 Å². The van der Waals surface area contributed by atoms with Crippen LogP contribution in [-0.4, -0.2) is 25.0 Å². The molecule has 1 aromatic carbocycles. The summed E-state index contributed by atoms with van der Waals surface area (Å²) in [7, 11) is 1.59. The molecule has 4 fully saturated rings. The summed E-state index contributed by atoms with van der Waals surface area (Å²) in [6.45, 7) is 5.94. The summed E-state index contributed by atoms with van der Waals surface area (Å²) in [5.41, 5.74) is 1.44. The average Bonchev–Trinajstić information content (AvgIpc) is 2.64. The fourth-order valence-electron chi connectivity index (χ4n) is 6.35. The Morgan fingerprint density at radius 2 is 1.66 bits per heavy atom. The first-order valence-electron chi connectivity index (χ1n) is 11.1. The van der Waals surface area contributed by atoms with Crippen molar-refractivity contribution >= 4 is 17.5 Å². The van der Waals surface area contributed by atoms with Crippen LogP contribution in [-0.2, 0) is 9.59 Å². The molecule has 4 saturated carbocycles. The first-order chi connectivity index (χ1) is 13.8. The van der Waals surface area contributed by atoms with E-state index in [4.69, 9.17) is 4.74 Å². The topological polar surface area (TPSA) is 67.4 Å². The van der Waals surface area contributed by atoms with Gasteiger partial charge >= 0.3 is 0 Å². The molecule has 5 nitrogen and oxygen atoms in total. The number of methoxy groups -OCH3 is 1. The van der Waals surface area contributed by atoms with Crippen molar-refractivity contribution in [2.75, 3.05) is 12.4 Å². The van der Waals surface area contributed by atoms with Crippen LogP contribution in [0.1, 0.15) is 57.9 Å². The Bertz CT molecular complexity index is 766. The van der Waals surface area contributed by atoms with Crippen molar-refractivity contribution in [1.29, 1.82) is 0 Å². The van der Waals surface area contributed by atoms with Crippen LogP contribution < -0.4 is 15.4 Å². The number of nitrogens with one attached hydrogen (secondary N) is 2. The Morgan fingerprint density at radius 1 is 1.07 bits per heavy atom. The molecule has 0 heterocycles. The highest BCUT2D eigenvalue weighted by molar-refractivity contribution is 5.99. The van der Waals surface area contributed by atoms with E-state index in [0.29, 0.717) is 29.2 Å². The molecule has 0 aliphatic heterocycles. The summed E-state index contributed by atoms with van der Waals surface area (Å²) in [6, 6.07) is 5.14. The third-order valence-corrected chi connectivity index (χ3v) is 7.37. The molecule has 5 heteroatoms. The number of rotatable bonds is 6. The van der Waals surface area contributed by atoms with Crippen molar-refractivity contribution in [2.45, 2.75) is 65.3 Å². The van der Waals surface area contributed by atoms with Gasteiger partial charge in [-0.15, -0.1) is 0 Å². The highest BCUT2D eigenvalue weighted by Crippen LogP contribution is 2.60. The van der Waals surface area contributed by atoms with E-state index in [9.17, 15) is 9.59 Å². The number of carbonyl (C=O) groups is 2. The monoisotopic (exact) mass is 398 g/mol. The van der Waals surface area contributed by atoms with Gasteiger partial charge in [-0.3, -0.25) is 9.59 Å². The van der Waals surface area contributed by atoms with Crippen molar-refractivity contribution in [1.82, 2.24) is 5.32 Å². The third-order valence-electron chi connectivity index (χ3n) is 7.37. The molecule has 29 heavy (non-hydrogen) atoms. The minimum atomic E-state index is -0.555. The lowest BCUT2D eigenvalue weighted by atomic mass is 9.49. The normalized spacial score (nSPS) is 30.9. The van der Waals surface area contributed by atoms with Gasteiger partial charge in [0.2, 0.25) is 11.8 Å². The fraction of sp³-hybridized carbons (Fsp3) is 0.667. The van der Waals surface area contributed by atoms with Gasteiger partial charge in [0.05, 0.1) is 12.8 Å². The smallest absolute Gasteiger partial charge is 0.247 e. The van der Waals surface area contributed by atoms with Crippen LogP contribution in [0.2, 0.25) is 0 Å². The van der Waals surface area contributed by atoms with Crippen LogP contribution in [0.25, 0.3) is 0 Å². The molecular formula is C24H34N2O3. The predicted octanol–water partition coefficient (Wildman–Crippen LogP) is 4.30. The van der Waals surface area contributed by atoms with Crippen LogP contribution in [0.3, 0.4) is 0 Å². The molecule has 4 aliphatic carbocycles. The second kappa shape index (κ2) is 7.66.